The molecule has 0 atom stereocenters. The number of aromatic amines is 1. The van der Waals surface area contributed by atoms with Gasteiger partial charge in [-0.1, -0.05) is 0 Å². The SMILES string of the molecule is O=C(Nc1ccc(OC(F)F)c(F)c1)c1ncn[nH]1. The van der Waals surface area contributed by atoms with Crippen LogP contribution < -0.4 is 10.1 Å². The predicted molar refractivity (Wildman–Crippen MR) is 57.4 cm³/mol. The van der Waals surface area contributed by atoms with E-state index in [4.69, 9.17) is 0 Å². The number of anilines is 1. The summed E-state index contributed by atoms with van der Waals surface area (Å²) in [7, 11) is 0. The molecule has 1 aromatic heterocycles. The van der Waals surface area contributed by atoms with Gasteiger partial charge in [0.15, 0.2) is 11.6 Å². The number of H-pyrrole nitrogens is 1. The maximum absolute atomic E-state index is 13.4. The number of nitrogens with one attached hydrogen (secondary N) is 2. The Morgan fingerprint density at radius 2 is 2.21 bits per heavy atom. The van der Waals surface area contributed by atoms with Crippen molar-refractivity contribution >= 4 is 11.6 Å². The van der Waals surface area contributed by atoms with Crippen molar-refractivity contribution in [2.24, 2.45) is 0 Å². The average Bonchev–Trinajstić information content (AvgIpc) is 2.86. The fraction of sp³-hybridized carbons (Fsp3) is 0.100. The Labute approximate surface area is 104 Å². The van der Waals surface area contributed by atoms with Crippen molar-refractivity contribution in [3.63, 3.8) is 0 Å². The molecule has 2 rings (SSSR count). The lowest BCUT2D eigenvalue weighted by atomic mass is 10.3. The smallest absolute Gasteiger partial charge is 0.387 e. The van der Waals surface area contributed by atoms with E-state index >= 15 is 0 Å². The van der Waals surface area contributed by atoms with Crippen molar-refractivity contribution < 1.29 is 22.7 Å². The number of alkyl halides is 2. The van der Waals surface area contributed by atoms with Gasteiger partial charge in [-0.3, -0.25) is 9.89 Å². The van der Waals surface area contributed by atoms with Crippen molar-refractivity contribution in [1.82, 2.24) is 15.2 Å². The number of halogens is 3. The largest absolute Gasteiger partial charge is 0.432 e. The van der Waals surface area contributed by atoms with Gasteiger partial charge in [-0.2, -0.15) is 13.9 Å². The highest BCUT2D eigenvalue weighted by atomic mass is 19.3. The van der Waals surface area contributed by atoms with E-state index in [2.05, 4.69) is 25.2 Å². The summed E-state index contributed by atoms with van der Waals surface area (Å²) in [6.07, 6.45) is 1.13. The Kier molecular flexibility index (Phi) is 3.64. The van der Waals surface area contributed by atoms with E-state index in [9.17, 15) is 18.0 Å². The Balaban J connectivity index is 2.10. The number of amides is 1. The number of ether oxygens (including phenoxy) is 1. The number of rotatable bonds is 4. The molecule has 0 saturated heterocycles. The highest BCUT2D eigenvalue weighted by Gasteiger charge is 2.13. The van der Waals surface area contributed by atoms with Crippen LogP contribution in [-0.4, -0.2) is 27.7 Å². The topological polar surface area (TPSA) is 79.9 Å². The summed E-state index contributed by atoms with van der Waals surface area (Å²) < 4.78 is 41.1. The summed E-state index contributed by atoms with van der Waals surface area (Å²) in [5.74, 6) is -2.32. The highest BCUT2D eigenvalue weighted by molar-refractivity contribution is 6.01. The first-order chi connectivity index (χ1) is 9.06. The highest BCUT2D eigenvalue weighted by Crippen LogP contribution is 2.22. The third kappa shape index (κ3) is 3.21. The average molecular weight is 272 g/mol. The van der Waals surface area contributed by atoms with Gasteiger partial charge in [0.1, 0.15) is 6.33 Å². The fourth-order valence-electron chi connectivity index (χ4n) is 1.28. The zero-order chi connectivity index (χ0) is 13.8. The molecule has 6 nitrogen and oxygen atoms in total. The van der Waals surface area contributed by atoms with Crippen molar-refractivity contribution in [2.75, 3.05) is 5.32 Å². The van der Waals surface area contributed by atoms with Crippen LogP contribution in [0.5, 0.6) is 5.75 Å². The second-order valence-electron chi connectivity index (χ2n) is 3.31. The minimum atomic E-state index is -3.12. The first-order valence-electron chi connectivity index (χ1n) is 4.97. The molecule has 0 saturated carbocycles. The van der Waals surface area contributed by atoms with Crippen LogP contribution in [0.1, 0.15) is 10.6 Å². The first kappa shape index (κ1) is 12.9. The van der Waals surface area contributed by atoms with Gasteiger partial charge in [0.2, 0.25) is 5.82 Å². The van der Waals surface area contributed by atoms with E-state index in [1.807, 2.05) is 0 Å². The Morgan fingerprint density at radius 1 is 1.42 bits per heavy atom. The molecular formula is C10H7F3N4O2. The minimum absolute atomic E-state index is 0.0617. The Morgan fingerprint density at radius 3 is 2.79 bits per heavy atom. The lowest BCUT2D eigenvalue weighted by molar-refractivity contribution is -0.0521. The second kappa shape index (κ2) is 5.38. The number of carbonyl (C=O) groups is 1. The summed E-state index contributed by atoms with van der Waals surface area (Å²) in [5.41, 5.74) is 0.0699. The fourth-order valence-corrected chi connectivity index (χ4v) is 1.28. The molecule has 2 aromatic rings. The van der Waals surface area contributed by atoms with E-state index in [-0.39, 0.29) is 11.5 Å². The van der Waals surface area contributed by atoms with Crippen molar-refractivity contribution in [2.45, 2.75) is 6.61 Å². The van der Waals surface area contributed by atoms with Crippen LogP contribution in [0.4, 0.5) is 18.9 Å². The second-order valence-corrected chi connectivity index (χ2v) is 3.31. The molecular weight excluding hydrogens is 265 g/mol. The minimum Gasteiger partial charge on any atom is -0.432 e. The van der Waals surface area contributed by atoms with Crippen LogP contribution in [-0.2, 0) is 0 Å². The van der Waals surface area contributed by atoms with Gasteiger partial charge >= 0.3 is 6.61 Å². The van der Waals surface area contributed by atoms with Gasteiger partial charge in [0.05, 0.1) is 0 Å². The molecule has 0 aliphatic carbocycles. The summed E-state index contributed by atoms with van der Waals surface area (Å²) in [5, 5.41) is 8.10. The molecule has 0 bridgehead atoms. The van der Waals surface area contributed by atoms with Crippen LogP contribution in [0.15, 0.2) is 24.5 Å². The van der Waals surface area contributed by atoms with Crippen LogP contribution >= 0.6 is 0 Å². The molecule has 0 fully saturated rings. The third-order valence-electron chi connectivity index (χ3n) is 2.04. The molecule has 9 heteroatoms. The van der Waals surface area contributed by atoms with Crippen molar-refractivity contribution in [3.8, 4) is 5.75 Å². The summed E-state index contributed by atoms with van der Waals surface area (Å²) in [4.78, 5) is 15.1. The molecule has 1 amide bonds. The van der Waals surface area contributed by atoms with Gasteiger partial charge < -0.3 is 10.1 Å². The van der Waals surface area contributed by atoms with Crippen LogP contribution in [0, 0.1) is 5.82 Å². The molecule has 0 unspecified atom stereocenters. The van der Waals surface area contributed by atoms with Crippen LogP contribution in [0.25, 0.3) is 0 Å². The molecule has 0 spiro atoms. The van der Waals surface area contributed by atoms with E-state index in [0.717, 1.165) is 18.5 Å². The number of carbonyl (C=O) groups excluding carboxylic acids is 1. The normalized spacial score (nSPS) is 10.5. The molecule has 1 heterocycles. The predicted octanol–water partition coefficient (Wildman–Crippen LogP) is 1.80. The van der Waals surface area contributed by atoms with E-state index in [0.29, 0.717) is 0 Å². The number of benzene rings is 1. The summed E-state index contributed by atoms with van der Waals surface area (Å²) in [6, 6.07) is 3.05. The lowest BCUT2D eigenvalue weighted by Gasteiger charge is -2.07. The van der Waals surface area contributed by atoms with Crippen LogP contribution in [0.2, 0.25) is 0 Å². The molecule has 0 radical (unpaired) electrons. The van der Waals surface area contributed by atoms with Gasteiger partial charge in [-0.15, -0.1) is 0 Å². The third-order valence-corrected chi connectivity index (χ3v) is 2.04. The molecule has 0 aliphatic rings. The maximum atomic E-state index is 13.4. The van der Waals surface area contributed by atoms with Gasteiger partial charge in [0.25, 0.3) is 5.91 Å². The molecule has 100 valence electrons. The molecule has 19 heavy (non-hydrogen) atoms. The monoisotopic (exact) mass is 272 g/mol. The number of nitrogens with zero attached hydrogens (tertiary/aromatic N) is 2. The van der Waals surface area contributed by atoms with E-state index in [1.54, 1.807) is 0 Å². The maximum Gasteiger partial charge on any atom is 0.387 e. The zero-order valence-electron chi connectivity index (χ0n) is 9.23. The lowest BCUT2D eigenvalue weighted by Crippen LogP contribution is -2.14. The van der Waals surface area contributed by atoms with E-state index < -0.39 is 24.1 Å². The summed E-state index contributed by atoms with van der Waals surface area (Å²) in [6.45, 7) is -3.12. The molecule has 1 aromatic carbocycles. The Hall–Kier alpha value is -2.58. The van der Waals surface area contributed by atoms with Crippen molar-refractivity contribution in [1.29, 1.82) is 0 Å². The standard InChI is InChI=1S/C10H7F3N4O2/c11-6-3-5(1-2-7(6)19-10(12)13)16-9(18)8-14-4-15-17-8/h1-4,10H,(H,16,18)(H,14,15,17). The molecule has 0 aliphatic heterocycles. The quantitative estimate of drug-likeness (QED) is 0.889. The Bertz CT molecular complexity index is 574. The van der Waals surface area contributed by atoms with Gasteiger partial charge in [0, 0.05) is 11.8 Å². The number of hydrogen-bond donors (Lipinski definition) is 2. The molecule has 2 N–H and O–H groups in total. The zero-order valence-corrected chi connectivity index (χ0v) is 9.23. The number of aromatic nitrogens is 3. The first-order valence-corrected chi connectivity index (χ1v) is 4.97. The van der Waals surface area contributed by atoms with Crippen LogP contribution in [0.3, 0.4) is 0 Å². The van der Waals surface area contributed by atoms with Gasteiger partial charge in [-0.25, -0.2) is 9.37 Å². The summed E-state index contributed by atoms with van der Waals surface area (Å²) >= 11 is 0. The van der Waals surface area contributed by atoms with Gasteiger partial charge in [-0.05, 0) is 12.1 Å². The van der Waals surface area contributed by atoms with Crippen molar-refractivity contribution in [3.05, 3.63) is 36.2 Å². The van der Waals surface area contributed by atoms with E-state index in [1.165, 1.54) is 6.07 Å². The number of hydrogen-bond acceptors (Lipinski definition) is 4.